The van der Waals surface area contributed by atoms with Gasteiger partial charge < -0.3 is 16.2 Å². The highest BCUT2D eigenvalue weighted by atomic mass is 16.4. The largest absolute Gasteiger partial charge is 0.480 e. The Labute approximate surface area is 93.2 Å². The average molecular weight is 223 g/mol. The first kappa shape index (κ1) is 12.5. The highest BCUT2D eigenvalue weighted by molar-refractivity contribution is 5.98. The number of amides is 2. The second-order valence-corrected chi connectivity index (χ2v) is 3.21. The fraction of sp³-hybridized carbons (Fsp3) is 0.200. The van der Waals surface area contributed by atoms with E-state index in [4.69, 9.17) is 10.8 Å². The van der Waals surface area contributed by atoms with Crippen LogP contribution in [0.4, 0.5) is 0 Å². The van der Waals surface area contributed by atoms with Crippen molar-refractivity contribution in [2.75, 3.05) is 0 Å². The van der Waals surface area contributed by atoms with Gasteiger partial charge in [0.2, 0.25) is 11.8 Å². The quantitative estimate of drug-likeness (QED) is 0.545. The van der Waals surface area contributed by atoms with Crippen LogP contribution in [0.15, 0.2) is 0 Å². The van der Waals surface area contributed by atoms with Crippen LogP contribution in [0.3, 0.4) is 0 Å². The summed E-state index contributed by atoms with van der Waals surface area (Å²) < 4.78 is 0. The van der Waals surface area contributed by atoms with Gasteiger partial charge in [0.25, 0.3) is 0 Å². The average Bonchev–Trinajstić information content (AvgIpc) is 2.68. The lowest BCUT2D eigenvalue weighted by Crippen LogP contribution is -2.45. The first-order valence-electron chi connectivity index (χ1n) is 4.54. The van der Waals surface area contributed by atoms with Crippen LogP contribution in [0, 0.1) is 31.6 Å². The maximum Gasteiger partial charge on any atom is 0.326 e. The van der Waals surface area contributed by atoms with Gasteiger partial charge in [-0.25, -0.2) is 4.79 Å². The summed E-state index contributed by atoms with van der Waals surface area (Å²) >= 11 is 0. The van der Waals surface area contributed by atoms with E-state index in [-0.39, 0.29) is 0 Å². The van der Waals surface area contributed by atoms with E-state index in [9.17, 15) is 14.4 Å². The highest BCUT2D eigenvalue weighted by Crippen LogP contribution is 2.22. The topological polar surface area (TPSA) is 109 Å². The summed E-state index contributed by atoms with van der Waals surface area (Å²) in [5.41, 5.74) is 4.87. The van der Waals surface area contributed by atoms with Gasteiger partial charge in [0, 0.05) is 0 Å². The predicted octanol–water partition coefficient (Wildman–Crippen LogP) is -1.16. The predicted molar refractivity (Wildman–Crippen MR) is 53.8 cm³/mol. The summed E-state index contributed by atoms with van der Waals surface area (Å²) in [6.45, 7) is 0. The third-order valence-electron chi connectivity index (χ3n) is 1.93. The van der Waals surface area contributed by atoms with Crippen molar-refractivity contribution in [3.63, 3.8) is 0 Å². The van der Waals surface area contributed by atoms with Crippen molar-refractivity contribution in [3.05, 3.63) is 31.6 Å². The molecule has 1 aliphatic carbocycles. The van der Waals surface area contributed by atoms with Crippen molar-refractivity contribution in [1.82, 2.24) is 5.32 Å². The molecule has 1 saturated carbocycles. The van der Waals surface area contributed by atoms with E-state index in [2.05, 4.69) is 5.32 Å². The molecule has 0 aromatic heterocycles. The summed E-state index contributed by atoms with van der Waals surface area (Å²) in [7, 11) is 0. The zero-order chi connectivity index (χ0) is 12.1. The highest BCUT2D eigenvalue weighted by Gasteiger charge is 2.29. The second kappa shape index (κ2) is 5.48. The van der Waals surface area contributed by atoms with E-state index in [0.717, 1.165) is 0 Å². The second-order valence-electron chi connectivity index (χ2n) is 3.21. The van der Waals surface area contributed by atoms with Crippen molar-refractivity contribution in [1.29, 1.82) is 0 Å². The molecule has 2 amide bonds. The minimum Gasteiger partial charge on any atom is -0.480 e. The van der Waals surface area contributed by atoms with E-state index in [0.29, 0.717) is 5.92 Å². The Morgan fingerprint density at radius 1 is 1.31 bits per heavy atom. The zero-order valence-corrected chi connectivity index (χ0v) is 8.34. The summed E-state index contributed by atoms with van der Waals surface area (Å²) in [4.78, 5) is 32.8. The number of aliphatic carboxylic acids is 1. The lowest BCUT2D eigenvalue weighted by Gasteiger charge is -2.15. The van der Waals surface area contributed by atoms with Crippen LogP contribution in [0.2, 0.25) is 0 Å². The third-order valence-corrected chi connectivity index (χ3v) is 1.93. The summed E-state index contributed by atoms with van der Waals surface area (Å²) in [6.07, 6.45) is 5.95. The van der Waals surface area contributed by atoms with Gasteiger partial charge in [-0.05, 0) is 25.7 Å². The SMILES string of the molecule is NC(=O)C[C@H](NC(=O)[C]1[CH][CH][CH][CH]1)C(=O)O. The molecule has 1 aliphatic rings. The molecule has 0 aromatic carbocycles. The smallest absolute Gasteiger partial charge is 0.326 e. The molecule has 6 heteroatoms. The number of rotatable bonds is 5. The van der Waals surface area contributed by atoms with Crippen LogP contribution >= 0.6 is 0 Å². The van der Waals surface area contributed by atoms with Crippen molar-refractivity contribution in [3.8, 4) is 0 Å². The van der Waals surface area contributed by atoms with Crippen molar-refractivity contribution in [2.45, 2.75) is 12.5 Å². The maximum atomic E-state index is 11.5. The van der Waals surface area contributed by atoms with E-state index in [1.54, 1.807) is 25.7 Å². The number of carbonyl (C=O) groups excluding carboxylic acids is 2. The lowest BCUT2D eigenvalue weighted by atomic mass is 10.1. The molecule has 0 bridgehead atoms. The van der Waals surface area contributed by atoms with Crippen molar-refractivity contribution < 1.29 is 19.5 Å². The molecular formula is C10H11N2O4. The molecule has 1 atom stereocenters. The number of carbonyl (C=O) groups is 3. The first-order valence-corrected chi connectivity index (χ1v) is 4.54. The molecule has 1 rings (SSSR count). The Morgan fingerprint density at radius 2 is 1.88 bits per heavy atom. The maximum absolute atomic E-state index is 11.5. The van der Waals surface area contributed by atoms with Gasteiger partial charge >= 0.3 is 5.97 Å². The molecule has 5 radical (unpaired) electrons. The lowest BCUT2D eigenvalue weighted by molar-refractivity contribution is -0.143. The number of primary amides is 1. The molecule has 0 saturated heterocycles. The number of hydrogen-bond acceptors (Lipinski definition) is 3. The Hall–Kier alpha value is -1.59. The molecule has 0 aromatic rings. The van der Waals surface area contributed by atoms with E-state index in [1.165, 1.54) is 0 Å². The van der Waals surface area contributed by atoms with Crippen LogP contribution in [0.25, 0.3) is 0 Å². The molecule has 4 N–H and O–H groups in total. The monoisotopic (exact) mass is 223 g/mol. The molecule has 0 spiro atoms. The van der Waals surface area contributed by atoms with Crippen LogP contribution in [0.5, 0.6) is 0 Å². The van der Waals surface area contributed by atoms with Crippen molar-refractivity contribution >= 4 is 17.8 Å². The van der Waals surface area contributed by atoms with Gasteiger partial charge in [-0.2, -0.15) is 0 Å². The van der Waals surface area contributed by atoms with Crippen LogP contribution in [-0.2, 0) is 14.4 Å². The Bertz CT molecular complexity index is 297. The van der Waals surface area contributed by atoms with E-state index < -0.39 is 30.2 Å². The molecule has 1 fully saturated rings. The molecule has 85 valence electrons. The van der Waals surface area contributed by atoms with E-state index >= 15 is 0 Å². The molecule has 0 unspecified atom stereocenters. The number of nitrogens with one attached hydrogen (secondary N) is 1. The molecule has 0 heterocycles. The van der Waals surface area contributed by atoms with Gasteiger partial charge in [0.05, 0.1) is 12.3 Å². The van der Waals surface area contributed by atoms with Gasteiger partial charge in [-0.15, -0.1) is 0 Å². The standard InChI is InChI=1S/C10H11N2O4/c11-8(13)5-7(10(15)16)12-9(14)6-3-1-2-4-6/h1-4,7H,5H2,(H2,11,13)(H,12,14)(H,15,16)/t7-/m0/s1. The fourth-order valence-electron chi connectivity index (χ4n) is 1.17. The molecular weight excluding hydrogens is 212 g/mol. The minimum atomic E-state index is -1.29. The van der Waals surface area contributed by atoms with Crippen LogP contribution in [-0.4, -0.2) is 28.9 Å². The number of nitrogens with two attached hydrogens (primary N) is 1. The fourth-order valence-corrected chi connectivity index (χ4v) is 1.17. The normalized spacial score (nSPS) is 18.0. The Balaban J connectivity index is 2.50. The Kier molecular flexibility index (Phi) is 4.28. The minimum absolute atomic E-state index is 0.343. The summed E-state index contributed by atoms with van der Waals surface area (Å²) in [6, 6.07) is -1.29. The summed E-state index contributed by atoms with van der Waals surface area (Å²) in [5, 5.41) is 11.0. The zero-order valence-electron chi connectivity index (χ0n) is 8.34. The molecule has 0 aliphatic heterocycles. The van der Waals surface area contributed by atoms with Gasteiger partial charge in [0.1, 0.15) is 6.04 Å². The first-order chi connectivity index (χ1) is 7.50. The van der Waals surface area contributed by atoms with Gasteiger partial charge in [0.15, 0.2) is 0 Å². The van der Waals surface area contributed by atoms with E-state index in [1.807, 2.05) is 0 Å². The Morgan fingerprint density at radius 3 is 2.31 bits per heavy atom. The van der Waals surface area contributed by atoms with Crippen molar-refractivity contribution in [2.24, 2.45) is 5.73 Å². The third kappa shape index (κ3) is 3.52. The van der Waals surface area contributed by atoms with Crippen LogP contribution < -0.4 is 11.1 Å². The number of carboxylic acids is 1. The summed E-state index contributed by atoms with van der Waals surface area (Å²) in [5.74, 6) is -2.27. The van der Waals surface area contributed by atoms with Gasteiger partial charge in [-0.1, -0.05) is 0 Å². The molecule has 6 nitrogen and oxygen atoms in total. The molecule has 16 heavy (non-hydrogen) atoms. The number of hydrogen-bond donors (Lipinski definition) is 3. The van der Waals surface area contributed by atoms with Gasteiger partial charge in [-0.3, -0.25) is 9.59 Å². The van der Waals surface area contributed by atoms with Crippen LogP contribution in [0.1, 0.15) is 6.42 Å². The number of carboxylic acid groups (broad SMARTS) is 1.